The molecule has 0 radical (unpaired) electrons. The number of H-pyrrole nitrogens is 1. The van der Waals surface area contributed by atoms with Gasteiger partial charge in [0.15, 0.2) is 0 Å². The molecule has 1 unspecified atom stereocenters. The van der Waals surface area contributed by atoms with Gasteiger partial charge in [0, 0.05) is 18.3 Å². The Balaban J connectivity index is 1.52. The summed E-state index contributed by atoms with van der Waals surface area (Å²) in [4.78, 5) is 38.5. The molecule has 2 fully saturated rings. The van der Waals surface area contributed by atoms with Gasteiger partial charge in [-0.05, 0) is 18.9 Å². The first-order valence-electron chi connectivity index (χ1n) is 6.57. The molecule has 2 amide bonds. The highest BCUT2D eigenvalue weighted by Gasteiger charge is 2.40. The Labute approximate surface area is 114 Å². The Morgan fingerprint density at radius 2 is 2.20 bits per heavy atom. The van der Waals surface area contributed by atoms with Crippen LogP contribution in [0.3, 0.4) is 0 Å². The molecule has 20 heavy (non-hydrogen) atoms. The topological polar surface area (TPSA) is 91.5 Å². The Morgan fingerprint density at radius 3 is 2.85 bits per heavy atom. The van der Waals surface area contributed by atoms with Crippen molar-refractivity contribution in [3.63, 3.8) is 0 Å². The van der Waals surface area contributed by atoms with Crippen molar-refractivity contribution in [2.45, 2.75) is 25.0 Å². The zero-order chi connectivity index (χ0) is 14.1. The first-order valence-corrected chi connectivity index (χ1v) is 6.57. The predicted octanol–water partition coefficient (Wildman–Crippen LogP) is 0.0879. The van der Waals surface area contributed by atoms with E-state index in [4.69, 9.17) is 4.74 Å². The number of carbonyl (C=O) groups excluding carboxylic acids is 2. The van der Waals surface area contributed by atoms with Gasteiger partial charge in [0.25, 0.3) is 5.91 Å². The molecule has 1 saturated heterocycles. The molecule has 106 valence electrons. The smallest absolute Gasteiger partial charge is 0.410 e. The molecule has 1 aromatic heterocycles. The molecule has 2 N–H and O–H groups in total. The van der Waals surface area contributed by atoms with Crippen LogP contribution in [0.2, 0.25) is 0 Å². The standard InChI is InChI=1S/C13H15N3O4/c17-11-4-1-8(5-14-11)12(18)15-6-10-7-16(9-2-3-9)13(19)20-10/h1,4-5,9-10H,2-3,6-7H2,(H,14,17)(H,15,18). The molecule has 1 atom stereocenters. The molecule has 7 nitrogen and oxygen atoms in total. The van der Waals surface area contributed by atoms with Gasteiger partial charge >= 0.3 is 6.09 Å². The molecular weight excluding hydrogens is 262 g/mol. The zero-order valence-electron chi connectivity index (χ0n) is 10.8. The largest absolute Gasteiger partial charge is 0.442 e. The number of cyclic esters (lactones) is 1. The summed E-state index contributed by atoms with van der Waals surface area (Å²) in [5.74, 6) is -0.304. The van der Waals surface area contributed by atoms with Crippen molar-refractivity contribution >= 4 is 12.0 Å². The van der Waals surface area contributed by atoms with Crippen LogP contribution in [0.5, 0.6) is 0 Å². The van der Waals surface area contributed by atoms with Crippen LogP contribution in [-0.2, 0) is 4.74 Å². The quantitative estimate of drug-likeness (QED) is 0.815. The number of pyridine rings is 1. The summed E-state index contributed by atoms with van der Waals surface area (Å²) < 4.78 is 5.20. The summed E-state index contributed by atoms with van der Waals surface area (Å²) in [6, 6.07) is 3.06. The summed E-state index contributed by atoms with van der Waals surface area (Å²) in [6.07, 6.45) is 2.82. The van der Waals surface area contributed by atoms with Crippen LogP contribution in [0.15, 0.2) is 23.1 Å². The molecule has 2 heterocycles. The number of ether oxygens (including phenoxy) is 1. The Hall–Kier alpha value is -2.31. The Morgan fingerprint density at radius 1 is 1.40 bits per heavy atom. The predicted molar refractivity (Wildman–Crippen MR) is 69.4 cm³/mol. The van der Waals surface area contributed by atoms with Crippen molar-refractivity contribution in [2.24, 2.45) is 0 Å². The summed E-state index contributed by atoms with van der Waals surface area (Å²) in [7, 11) is 0. The van der Waals surface area contributed by atoms with Gasteiger partial charge in [-0.1, -0.05) is 0 Å². The lowest BCUT2D eigenvalue weighted by atomic mass is 10.2. The van der Waals surface area contributed by atoms with Gasteiger partial charge in [0.2, 0.25) is 5.56 Å². The van der Waals surface area contributed by atoms with Crippen LogP contribution in [-0.4, -0.2) is 47.1 Å². The molecule has 3 rings (SSSR count). The van der Waals surface area contributed by atoms with Crippen LogP contribution in [0.25, 0.3) is 0 Å². The van der Waals surface area contributed by atoms with Gasteiger partial charge in [-0.3, -0.25) is 9.59 Å². The van der Waals surface area contributed by atoms with E-state index in [1.807, 2.05) is 0 Å². The minimum atomic E-state index is -0.310. The number of carbonyl (C=O) groups is 2. The maximum Gasteiger partial charge on any atom is 0.410 e. The van der Waals surface area contributed by atoms with Crippen LogP contribution < -0.4 is 10.9 Å². The van der Waals surface area contributed by atoms with E-state index in [-0.39, 0.29) is 30.2 Å². The maximum absolute atomic E-state index is 11.8. The lowest BCUT2D eigenvalue weighted by Crippen LogP contribution is -2.35. The number of nitrogens with one attached hydrogen (secondary N) is 2. The lowest BCUT2D eigenvalue weighted by molar-refractivity contribution is 0.0914. The molecule has 1 aliphatic carbocycles. The van der Waals surface area contributed by atoms with Crippen molar-refractivity contribution in [3.8, 4) is 0 Å². The number of aromatic amines is 1. The summed E-state index contributed by atoms with van der Waals surface area (Å²) >= 11 is 0. The molecular formula is C13H15N3O4. The van der Waals surface area contributed by atoms with Crippen LogP contribution >= 0.6 is 0 Å². The molecule has 0 spiro atoms. The van der Waals surface area contributed by atoms with E-state index in [9.17, 15) is 14.4 Å². The molecule has 1 aliphatic heterocycles. The number of amides is 2. The number of rotatable bonds is 4. The third-order valence-electron chi connectivity index (χ3n) is 3.43. The average Bonchev–Trinajstić information content (AvgIpc) is 3.21. The molecule has 0 aromatic carbocycles. The third kappa shape index (κ3) is 2.66. The number of hydrogen-bond acceptors (Lipinski definition) is 4. The fourth-order valence-corrected chi connectivity index (χ4v) is 2.19. The highest BCUT2D eigenvalue weighted by atomic mass is 16.6. The van der Waals surface area contributed by atoms with Gasteiger partial charge in [-0.2, -0.15) is 0 Å². The van der Waals surface area contributed by atoms with Gasteiger partial charge in [0.1, 0.15) is 6.10 Å². The minimum absolute atomic E-state index is 0.258. The first kappa shape index (κ1) is 12.7. The van der Waals surface area contributed by atoms with Crippen molar-refractivity contribution in [1.29, 1.82) is 0 Å². The van der Waals surface area contributed by atoms with Crippen molar-refractivity contribution in [3.05, 3.63) is 34.2 Å². The molecule has 2 aliphatic rings. The van der Waals surface area contributed by atoms with Crippen molar-refractivity contribution < 1.29 is 14.3 Å². The SMILES string of the molecule is O=C(NCC1CN(C2CC2)C(=O)O1)c1ccc(=O)[nH]c1. The molecule has 7 heteroatoms. The van der Waals surface area contributed by atoms with E-state index < -0.39 is 0 Å². The van der Waals surface area contributed by atoms with E-state index in [0.29, 0.717) is 18.2 Å². The van der Waals surface area contributed by atoms with Crippen molar-refractivity contribution in [1.82, 2.24) is 15.2 Å². The Kier molecular flexibility index (Phi) is 3.17. The lowest BCUT2D eigenvalue weighted by Gasteiger charge is -2.11. The van der Waals surface area contributed by atoms with E-state index in [0.717, 1.165) is 12.8 Å². The van der Waals surface area contributed by atoms with Crippen molar-refractivity contribution in [2.75, 3.05) is 13.1 Å². The van der Waals surface area contributed by atoms with Gasteiger partial charge in [0.05, 0.1) is 18.7 Å². The number of aromatic nitrogens is 1. The summed E-state index contributed by atoms with van der Waals surface area (Å²) in [5.41, 5.74) is 0.110. The van der Waals surface area contributed by atoms with Gasteiger partial charge in [-0.15, -0.1) is 0 Å². The Bertz CT molecular complexity index is 573. The summed E-state index contributed by atoms with van der Waals surface area (Å²) in [6.45, 7) is 0.794. The molecule has 0 bridgehead atoms. The van der Waals surface area contributed by atoms with Gasteiger partial charge in [-0.25, -0.2) is 4.79 Å². The first-order chi connectivity index (χ1) is 9.63. The van der Waals surface area contributed by atoms with E-state index in [1.165, 1.54) is 18.3 Å². The second-order valence-electron chi connectivity index (χ2n) is 5.04. The monoisotopic (exact) mass is 277 g/mol. The molecule has 1 saturated carbocycles. The highest BCUT2D eigenvalue weighted by molar-refractivity contribution is 5.93. The average molecular weight is 277 g/mol. The summed E-state index contributed by atoms with van der Waals surface area (Å²) in [5, 5.41) is 2.70. The van der Waals surface area contributed by atoms with E-state index in [2.05, 4.69) is 10.3 Å². The zero-order valence-corrected chi connectivity index (χ0v) is 10.8. The normalized spacial score (nSPS) is 21.7. The maximum atomic E-state index is 11.8. The highest BCUT2D eigenvalue weighted by Crippen LogP contribution is 2.30. The number of hydrogen-bond donors (Lipinski definition) is 2. The van der Waals surface area contributed by atoms with Crippen LogP contribution in [0.1, 0.15) is 23.2 Å². The van der Waals surface area contributed by atoms with E-state index in [1.54, 1.807) is 4.90 Å². The third-order valence-corrected chi connectivity index (χ3v) is 3.43. The second kappa shape index (κ2) is 4.99. The van der Waals surface area contributed by atoms with Gasteiger partial charge < -0.3 is 19.9 Å². The number of nitrogens with zero attached hydrogens (tertiary/aromatic N) is 1. The van der Waals surface area contributed by atoms with E-state index >= 15 is 0 Å². The fraction of sp³-hybridized carbons (Fsp3) is 0.462. The fourth-order valence-electron chi connectivity index (χ4n) is 2.19. The van der Waals surface area contributed by atoms with Crippen LogP contribution in [0.4, 0.5) is 4.79 Å². The minimum Gasteiger partial charge on any atom is -0.442 e. The second-order valence-corrected chi connectivity index (χ2v) is 5.04. The van der Waals surface area contributed by atoms with Crippen LogP contribution in [0, 0.1) is 0 Å². The molecule has 1 aromatic rings.